The van der Waals surface area contributed by atoms with Gasteiger partial charge in [0.1, 0.15) is 17.1 Å². The van der Waals surface area contributed by atoms with Crippen LogP contribution in [0.25, 0.3) is 0 Å². The van der Waals surface area contributed by atoms with Gasteiger partial charge in [0.25, 0.3) is 0 Å². The van der Waals surface area contributed by atoms with Gasteiger partial charge in [-0.15, -0.1) is 0 Å². The van der Waals surface area contributed by atoms with Crippen molar-refractivity contribution < 1.29 is 19.0 Å². The molecule has 0 unspecified atom stereocenters. The van der Waals surface area contributed by atoms with Crippen LogP contribution in [-0.4, -0.2) is 11.8 Å². The van der Waals surface area contributed by atoms with Crippen molar-refractivity contribution in [3.05, 3.63) is 52.5 Å². The highest BCUT2D eigenvalue weighted by molar-refractivity contribution is 9.10. The first-order valence-electron chi connectivity index (χ1n) is 6.44. The smallest absolute Gasteiger partial charge is 0.349 e. The molecule has 0 N–H and O–H groups in total. The highest BCUT2D eigenvalue weighted by atomic mass is 79.9. The molecule has 0 saturated carbocycles. The summed E-state index contributed by atoms with van der Waals surface area (Å²) in [5.41, 5.74) is 0.285. The Labute approximate surface area is 130 Å². The molecule has 0 amide bonds. The molecule has 0 fully saturated rings. The molecule has 108 valence electrons. The Kier molecular flexibility index (Phi) is 3.37. The predicted octanol–water partition coefficient (Wildman–Crippen LogP) is 4.53. The number of carbonyl (C=O) groups excluding carboxylic acids is 1. The zero-order chi connectivity index (χ0) is 15.0. The van der Waals surface area contributed by atoms with E-state index in [2.05, 4.69) is 15.9 Å². The molecule has 0 spiro atoms. The zero-order valence-corrected chi connectivity index (χ0v) is 13.1. The Morgan fingerprint density at radius 3 is 2.48 bits per heavy atom. The third-order valence-corrected chi connectivity index (χ3v) is 3.56. The lowest BCUT2D eigenvalue weighted by atomic mass is 10.1. The first-order valence-corrected chi connectivity index (χ1v) is 7.23. The van der Waals surface area contributed by atoms with Gasteiger partial charge in [-0.2, -0.15) is 0 Å². The van der Waals surface area contributed by atoms with Crippen molar-refractivity contribution in [3.63, 3.8) is 0 Å². The topological polar surface area (TPSA) is 44.8 Å². The van der Waals surface area contributed by atoms with Crippen LogP contribution in [0.3, 0.4) is 0 Å². The Morgan fingerprint density at radius 2 is 1.76 bits per heavy atom. The van der Waals surface area contributed by atoms with Crippen LogP contribution in [0.2, 0.25) is 0 Å². The molecule has 1 aliphatic heterocycles. The molecular weight excluding hydrogens is 336 g/mol. The summed E-state index contributed by atoms with van der Waals surface area (Å²) >= 11 is 3.39. The molecule has 3 rings (SSSR count). The highest BCUT2D eigenvalue weighted by Gasteiger charge is 2.37. The number of rotatable bonds is 2. The molecular formula is C16H13BrO4. The van der Waals surface area contributed by atoms with Gasteiger partial charge in [0.2, 0.25) is 5.79 Å². The van der Waals surface area contributed by atoms with Crippen LogP contribution >= 0.6 is 15.9 Å². The minimum atomic E-state index is -1.00. The van der Waals surface area contributed by atoms with Crippen LogP contribution in [0.15, 0.2) is 46.9 Å². The third kappa shape index (κ3) is 2.74. The number of esters is 1. The number of hydrogen-bond donors (Lipinski definition) is 0. The normalized spacial score (nSPS) is 15.7. The Hall–Kier alpha value is -2.01. The van der Waals surface area contributed by atoms with Gasteiger partial charge in [0.05, 0.1) is 4.47 Å². The molecule has 0 bridgehead atoms. The number of hydrogen-bond acceptors (Lipinski definition) is 4. The molecule has 2 aromatic rings. The number of fused-ring (bicyclic) bond motifs is 1. The maximum atomic E-state index is 12.3. The number of cyclic esters (lactones) is 1. The fourth-order valence-electron chi connectivity index (χ4n) is 2.07. The van der Waals surface area contributed by atoms with E-state index >= 15 is 0 Å². The van der Waals surface area contributed by atoms with Crippen molar-refractivity contribution >= 4 is 21.9 Å². The van der Waals surface area contributed by atoms with Crippen molar-refractivity contribution in [2.45, 2.75) is 19.6 Å². The van der Waals surface area contributed by atoms with E-state index in [0.29, 0.717) is 21.7 Å². The molecule has 5 heteroatoms. The highest BCUT2D eigenvalue weighted by Crippen LogP contribution is 2.43. The van der Waals surface area contributed by atoms with Crippen LogP contribution in [0.5, 0.6) is 17.2 Å². The van der Waals surface area contributed by atoms with E-state index < -0.39 is 11.8 Å². The molecule has 21 heavy (non-hydrogen) atoms. The van der Waals surface area contributed by atoms with E-state index in [4.69, 9.17) is 14.2 Å². The summed E-state index contributed by atoms with van der Waals surface area (Å²) in [4.78, 5) is 12.3. The van der Waals surface area contributed by atoms with Gasteiger partial charge >= 0.3 is 5.97 Å². The second-order valence-electron chi connectivity index (χ2n) is 5.06. The quantitative estimate of drug-likeness (QED) is 0.748. The summed E-state index contributed by atoms with van der Waals surface area (Å²) in [5, 5.41) is 0. The zero-order valence-electron chi connectivity index (χ0n) is 11.6. The van der Waals surface area contributed by atoms with Crippen molar-refractivity contribution in [3.8, 4) is 17.2 Å². The second-order valence-corrected chi connectivity index (χ2v) is 5.91. The van der Waals surface area contributed by atoms with Crippen LogP contribution < -0.4 is 9.47 Å². The predicted molar refractivity (Wildman–Crippen MR) is 80.8 cm³/mol. The number of halogens is 1. The number of para-hydroxylation sites is 1. The number of benzene rings is 2. The molecule has 0 aromatic heterocycles. The monoisotopic (exact) mass is 348 g/mol. The number of ether oxygens (including phenoxy) is 3. The largest absolute Gasteiger partial charge is 0.456 e. The fraction of sp³-hybridized carbons (Fsp3) is 0.188. The lowest BCUT2D eigenvalue weighted by Crippen LogP contribution is -2.39. The van der Waals surface area contributed by atoms with Crippen LogP contribution in [-0.2, 0) is 4.74 Å². The van der Waals surface area contributed by atoms with Gasteiger partial charge < -0.3 is 14.2 Å². The molecule has 4 nitrogen and oxygen atoms in total. The van der Waals surface area contributed by atoms with Gasteiger partial charge in [0.15, 0.2) is 5.75 Å². The van der Waals surface area contributed by atoms with E-state index in [1.807, 2.05) is 30.3 Å². The molecule has 0 atom stereocenters. The summed E-state index contributed by atoms with van der Waals surface area (Å²) in [6.45, 7) is 3.37. The van der Waals surface area contributed by atoms with Gasteiger partial charge in [-0.3, -0.25) is 0 Å². The SMILES string of the molecule is CC1(C)OC(=O)c2c(Oc3ccccc3)ccc(Br)c2O1. The second kappa shape index (κ2) is 5.07. The standard InChI is InChI=1S/C16H13BrO4/c1-16(2)20-14-11(17)8-9-12(13(14)15(18)21-16)19-10-6-4-3-5-7-10/h3-9H,1-2H3. The lowest BCUT2D eigenvalue weighted by Gasteiger charge is -2.32. The molecule has 0 saturated heterocycles. The van der Waals surface area contributed by atoms with Gasteiger partial charge in [-0.05, 0) is 40.2 Å². The average Bonchev–Trinajstić information content (AvgIpc) is 2.42. The molecule has 0 aliphatic carbocycles. The Bertz CT molecular complexity index is 695. The van der Waals surface area contributed by atoms with Crippen molar-refractivity contribution in [1.82, 2.24) is 0 Å². The molecule has 2 aromatic carbocycles. The van der Waals surface area contributed by atoms with Gasteiger partial charge in [-0.25, -0.2) is 4.79 Å². The Balaban J connectivity index is 2.06. The average molecular weight is 349 g/mol. The van der Waals surface area contributed by atoms with E-state index in [-0.39, 0.29) is 5.56 Å². The molecule has 0 radical (unpaired) electrons. The Morgan fingerprint density at radius 1 is 1.05 bits per heavy atom. The minimum Gasteiger partial charge on any atom is -0.456 e. The summed E-state index contributed by atoms with van der Waals surface area (Å²) < 4.78 is 17.5. The van der Waals surface area contributed by atoms with Crippen LogP contribution in [0.4, 0.5) is 0 Å². The van der Waals surface area contributed by atoms with Crippen LogP contribution in [0, 0.1) is 0 Å². The first-order chi connectivity index (χ1) is 9.96. The summed E-state index contributed by atoms with van der Waals surface area (Å²) in [7, 11) is 0. The van der Waals surface area contributed by atoms with Crippen molar-refractivity contribution in [2.24, 2.45) is 0 Å². The maximum absolute atomic E-state index is 12.3. The maximum Gasteiger partial charge on any atom is 0.349 e. The number of carbonyl (C=O) groups is 1. The van der Waals surface area contributed by atoms with Crippen LogP contribution in [0.1, 0.15) is 24.2 Å². The summed E-state index contributed by atoms with van der Waals surface area (Å²) in [6.07, 6.45) is 0. The van der Waals surface area contributed by atoms with E-state index in [1.165, 1.54) is 0 Å². The lowest BCUT2D eigenvalue weighted by molar-refractivity contribution is -0.128. The summed E-state index contributed by atoms with van der Waals surface area (Å²) in [6, 6.07) is 12.7. The van der Waals surface area contributed by atoms with Gasteiger partial charge in [0, 0.05) is 13.8 Å². The third-order valence-electron chi connectivity index (χ3n) is 2.93. The van der Waals surface area contributed by atoms with E-state index in [9.17, 15) is 4.79 Å². The summed E-state index contributed by atoms with van der Waals surface area (Å²) in [5.74, 6) is 0.00977. The fourth-order valence-corrected chi connectivity index (χ4v) is 2.49. The van der Waals surface area contributed by atoms with Gasteiger partial charge in [-0.1, -0.05) is 18.2 Å². The van der Waals surface area contributed by atoms with Crippen molar-refractivity contribution in [2.75, 3.05) is 0 Å². The molecule has 1 heterocycles. The van der Waals surface area contributed by atoms with Crippen molar-refractivity contribution in [1.29, 1.82) is 0 Å². The minimum absolute atomic E-state index is 0.285. The molecule has 1 aliphatic rings. The van der Waals surface area contributed by atoms with E-state index in [0.717, 1.165) is 0 Å². The first kappa shape index (κ1) is 13.9. The van der Waals surface area contributed by atoms with E-state index in [1.54, 1.807) is 26.0 Å².